The average molecular weight is 525 g/mol. The van der Waals surface area contributed by atoms with Crippen LogP contribution in [0, 0.1) is 0 Å². The van der Waals surface area contributed by atoms with Crippen molar-refractivity contribution in [3.63, 3.8) is 0 Å². The quantitative estimate of drug-likeness (QED) is 0.288. The Bertz CT molecular complexity index is 1780. The van der Waals surface area contributed by atoms with Gasteiger partial charge in [-0.3, -0.25) is 13.9 Å². The molecule has 0 aliphatic carbocycles. The third-order valence-corrected chi connectivity index (χ3v) is 7.49. The van der Waals surface area contributed by atoms with Crippen molar-refractivity contribution in [1.82, 2.24) is 19.4 Å². The molecule has 1 amide bonds. The molecular weight excluding hydrogens is 496 g/mol. The van der Waals surface area contributed by atoms with Gasteiger partial charge >= 0.3 is 5.69 Å². The highest BCUT2D eigenvalue weighted by molar-refractivity contribution is 5.95. The maximum Gasteiger partial charge on any atom is 0.331 e. The number of rotatable bonds is 6. The number of hydrogen-bond acceptors (Lipinski definition) is 3. The van der Waals surface area contributed by atoms with Gasteiger partial charge in [0.05, 0.1) is 5.52 Å². The number of hydrogen-bond donors (Lipinski definition) is 1. The van der Waals surface area contributed by atoms with Crippen molar-refractivity contribution in [2.75, 3.05) is 7.05 Å². The molecule has 0 atom stereocenters. The third-order valence-electron chi connectivity index (χ3n) is 7.49. The average Bonchev–Trinajstić information content (AvgIpc) is 3.28. The highest BCUT2D eigenvalue weighted by atomic mass is 16.2. The van der Waals surface area contributed by atoms with E-state index in [1.54, 1.807) is 30.9 Å². The molecule has 4 aromatic carbocycles. The van der Waals surface area contributed by atoms with Crippen LogP contribution in [0.25, 0.3) is 22.3 Å². The van der Waals surface area contributed by atoms with Crippen molar-refractivity contribution in [2.24, 2.45) is 7.05 Å². The number of carbonyl (C=O) groups excluding carboxylic acids is 1. The number of pyridine rings is 1. The van der Waals surface area contributed by atoms with E-state index in [4.69, 9.17) is 4.98 Å². The van der Waals surface area contributed by atoms with Crippen molar-refractivity contribution in [2.45, 2.75) is 5.54 Å². The van der Waals surface area contributed by atoms with Gasteiger partial charge in [-0.1, -0.05) is 103 Å². The van der Waals surface area contributed by atoms with Gasteiger partial charge in [-0.05, 0) is 40.5 Å². The molecule has 0 bridgehead atoms. The number of benzene rings is 4. The second-order valence-electron chi connectivity index (χ2n) is 9.71. The zero-order valence-corrected chi connectivity index (χ0v) is 22.3. The zero-order valence-electron chi connectivity index (χ0n) is 22.3. The molecule has 6 heteroatoms. The van der Waals surface area contributed by atoms with Crippen LogP contribution in [-0.4, -0.2) is 27.1 Å². The molecule has 6 aromatic rings. The minimum absolute atomic E-state index is 0.159. The lowest BCUT2D eigenvalue weighted by molar-refractivity contribution is 0.0963. The number of amides is 1. The van der Waals surface area contributed by atoms with Crippen LogP contribution in [0.3, 0.4) is 0 Å². The smallest absolute Gasteiger partial charge is 0.331 e. The van der Waals surface area contributed by atoms with Crippen LogP contribution in [0.1, 0.15) is 27.0 Å². The second-order valence-corrected chi connectivity index (χ2v) is 9.71. The lowest BCUT2D eigenvalue weighted by Gasteiger charge is -2.36. The second kappa shape index (κ2) is 10.2. The van der Waals surface area contributed by atoms with Gasteiger partial charge in [0.25, 0.3) is 5.91 Å². The van der Waals surface area contributed by atoms with Crippen LogP contribution >= 0.6 is 0 Å². The van der Waals surface area contributed by atoms with Crippen LogP contribution in [0.4, 0.5) is 0 Å². The van der Waals surface area contributed by atoms with Gasteiger partial charge in [0.2, 0.25) is 0 Å². The summed E-state index contributed by atoms with van der Waals surface area (Å²) in [5.74, 6) is -0.159. The lowest BCUT2D eigenvalue weighted by atomic mass is 9.76. The minimum Gasteiger partial charge on any atom is -0.355 e. The number of nitrogens with zero attached hydrogens (tertiary/aromatic N) is 3. The van der Waals surface area contributed by atoms with E-state index < -0.39 is 5.54 Å². The van der Waals surface area contributed by atoms with E-state index in [1.165, 1.54) is 0 Å². The van der Waals surface area contributed by atoms with E-state index in [0.717, 1.165) is 27.8 Å². The van der Waals surface area contributed by atoms with Crippen molar-refractivity contribution >= 4 is 17.1 Å². The normalized spacial score (nSPS) is 11.4. The molecule has 0 unspecified atom stereocenters. The number of fused-ring (bicyclic) bond motifs is 1. The molecule has 2 aromatic heterocycles. The molecule has 1 N–H and O–H groups in total. The third kappa shape index (κ3) is 3.93. The van der Waals surface area contributed by atoms with Gasteiger partial charge in [-0.15, -0.1) is 0 Å². The van der Waals surface area contributed by atoms with Crippen molar-refractivity contribution in [3.8, 4) is 11.1 Å². The molecule has 0 fully saturated rings. The summed E-state index contributed by atoms with van der Waals surface area (Å²) in [6.07, 6.45) is 1.77. The first-order valence-electron chi connectivity index (χ1n) is 13.1. The van der Waals surface area contributed by atoms with Crippen molar-refractivity contribution < 1.29 is 4.79 Å². The first kappa shape index (κ1) is 25.1. The van der Waals surface area contributed by atoms with E-state index in [1.807, 2.05) is 83.4 Å². The van der Waals surface area contributed by atoms with E-state index in [2.05, 4.69) is 41.7 Å². The summed E-state index contributed by atoms with van der Waals surface area (Å²) in [5, 5.41) is 2.67. The largest absolute Gasteiger partial charge is 0.355 e. The summed E-state index contributed by atoms with van der Waals surface area (Å²) in [5.41, 5.74) is 5.16. The monoisotopic (exact) mass is 524 g/mol. The molecule has 40 heavy (non-hydrogen) atoms. The van der Waals surface area contributed by atoms with Crippen LogP contribution in [0.5, 0.6) is 0 Å². The Labute approximate surface area is 232 Å². The maximum absolute atomic E-state index is 14.3. The molecule has 6 rings (SSSR count). The van der Waals surface area contributed by atoms with Gasteiger partial charge in [-0.25, -0.2) is 9.78 Å². The Morgan fingerprint density at radius 2 is 1.27 bits per heavy atom. The Kier molecular flexibility index (Phi) is 6.36. The highest BCUT2D eigenvalue weighted by Gasteiger charge is 2.41. The van der Waals surface area contributed by atoms with Crippen LogP contribution < -0.4 is 11.0 Å². The van der Waals surface area contributed by atoms with Crippen molar-refractivity contribution in [3.05, 3.63) is 160 Å². The predicted molar refractivity (Wildman–Crippen MR) is 158 cm³/mol. The standard InChI is InChI=1S/C34H28N4O2/c1-35-32(39)25-14-12-13-24(21-25)26-22-30-31(36-23-26)38(33(40)37(30)2)34(27-15-6-3-7-16-27,28-17-8-4-9-18-28)29-19-10-5-11-20-29/h3-23H,1-2H3,(H,35,39). The molecule has 6 nitrogen and oxygen atoms in total. The SMILES string of the molecule is CNC(=O)c1cccc(-c2cnc3c(c2)n(C)c(=O)n3C(c2ccccc2)(c2ccccc2)c2ccccc2)c1. The first-order chi connectivity index (χ1) is 19.6. The van der Waals surface area contributed by atoms with E-state index >= 15 is 0 Å². The van der Waals surface area contributed by atoms with Gasteiger partial charge in [-0.2, -0.15) is 0 Å². The van der Waals surface area contributed by atoms with Crippen LogP contribution in [-0.2, 0) is 12.6 Å². The molecule has 0 aliphatic heterocycles. The summed E-state index contributed by atoms with van der Waals surface area (Å²) >= 11 is 0. The van der Waals surface area contributed by atoms with Gasteiger partial charge in [0.15, 0.2) is 5.65 Å². The summed E-state index contributed by atoms with van der Waals surface area (Å²) in [6.45, 7) is 0. The Morgan fingerprint density at radius 3 is 1.80 bits per heavy atom. The fourth-order valence-corrected chi connectivity index (χ4v) is 5.58. The summed E-state index contributed by atoms with van der Waals surface area (Å²) in [4.78, 5) is 31.5. The number of aryl methyl sites for hydroxylation is 1. The molecule has 0 saturated carbocycles. The molecule has 0 radical (unpaired) electrons. The number of carbonyl (C=O) groups is 1. The molecule has 0 saturated heterocycles. The van der Waals surface area contributed by atoms with Crippen LogP contribution in [0.2, 0.25) is 0 Å². The topological polar surface area (TPSA) is 68.9 Å². The zero-order chi connectivity index (χ0) is 27.7. The molecular formula is C34H28N4O2. The molecule has 0 aliphatic rings. The van der Waals surface area contributed by atoms with E-state index in [0.29, 0.717) is 16.7 Å². The van der Waals surface area contributed by atoms with Crippen LogP contribution in [0.15, 0.2) is 132 Å². The first-order valence-corrected chi connectivity index (χ1v) is 13.1. The fourth-order valence-electron chi connectivity index (χ4n) is 5.58. The minimum atomic E-state index is -0.978. The summed E-state index contributed by atoms with van der Waals surface area (Å²) < 4.78 is 3.46. The Morgan fingerprint density at radius 1 is 0.725 bits per heavy atom. The Balaban J connectivity index is 1.68. The predicted octanol–water partition coefficient (Wildman–Crippen LogP) is 5.60. The van der Waals surface area contributed by atoms with E-state index in [-0.39, 0.29) is 11.6 Å². The summed E-state index contributed by atoms with van der Waals surface area (Å²) in [7, 11) is 3.39. The number of imidazole rings is 1. The van der Waals surface area contributed by atoms with Crippen molar-refractivity contribution in [1.29, 1.82) is 0 Å². The highest BCUT2D eigenvalue weighted by Crippen LogP contribution is 2.41. The number of aromatic nitrogens is 3. The van der Waals surface area contributed by atoms with Gasteiger partial charge in [0, 0.05) is 31.4 Å². The fraction of sp³-hybridized carbons (Fsp3) is 0.0882. The lowest BCUT2D eigenvalue weighted by Crippen LogP contribution is -2.44. The number of nitrogens with one attached hydrogen (secondary N) is 1. The molecule has 196 valence electrons. The Hall–Kier alpha value is -5.23. The summed E-state index contributed by atoms with van der Waals surface area (Å²) in [6, 6.07) is 39.6. The molecule has 2 heterocycles. The van der Waals surface area contributed by atoms with E-state index in [9.17, 15) is 9.59 Å². The van der Waals surface area contributed by atoms with Gasteiger partial charge < -0.3 is 5.32 Å². The van der Waals surface area contributed by atoms with Gasteiger partial charge in [0.1, 0.15) is 5.54 Å². The molecule has 0 spiro atoms. The maximum atomic E-state index is 14.3.